The van der Waals surface area contributed by atoms with Gasteiger partial charge in [0, 0.05) is 29.9 Å². The molecule has 1 atom stereocenters. The summed E-state index contributed by atoms with van der Waals surface area (Å²) < 4.78 is 1.86. The number of aryl methyl sites for hydroxylation is 1. The Hall–Kier alpha value is -3.22. The molecule has 1 aliphatic rings. The Morgan fingerprint density at radius 3 is 2.97 bits per heavy atom. The van der Waals surface area contributed by atoms with Crippen LogP contribution in [0.15, 0.2) is 36.7 Å². The van der Waals surface area contributed by atoms with Gasteiger partial charge in [0.05, 0.1) is 23.1 Å². The van der Waals surface area contributed by atoms with E-state index in [4.69, 9.17) is 10.1 Å². The van der Waals surface area contributed by atoms with Gasteiger partial charge in [-0.3, -0.25) is 4.79 Å². The average molecular weight is 403 g/mol. The number of fused-ring (bicyclic) bond motifs is 2. The molecule has 1 amide bonds. The number of amides is 1. The van der Waals surface area contributed by atoms with Gasteiger partial charge in [0.2, 0.25) is 0 Å². The van der Waals surface area contributed by atoms with E-state index in [0.29, 0.717) is 11.3 Å². The number of carbonyl (C=O) groups is 1. The lowest BCUT2D eigenvalue weighted by atomic mass is 10.1. The minimum atomic E-state index is 0.0308. The molecule has 0 saturated carbocycles. The van der Waals surface area contributed by atoms with Gasteiger partial charge in [0.15, 0.2) is 5.65 Å². The molecule has 7 heteroatoms. The number of carbonyl (C=O) groups excluding carboxylic acids is 1. The number of hydrogen-bond acceptors (Lipinski definition) is 4. The number of aromatic nitrogens is 5. The highest BCUT2D eigenvalue weighted by atomic mass is 16.2. The van der Waals surface area contributed by atoms with Crippen LogP contribution < -0.4 is 0 Å². The van der Waals surface area contributed by atoms with Crippen molar-refractivity contribution in [1.29, 1.82) is 0 Å². The third kappa shape index (κ3) is 3.24. The summed E-state index contributed by atoms with van der Waals surface area (Å²) in [6.45, 7) is 5.03. The molecule has 4 heterocycles. The molecule has 7 nitrogen and oxygen atoms in total. The lowest BCUT2D eigenvalue weighted by Gasteiger charge is -2.27. The van der Waals surface area contributed by atoms with Crippen molar-refractivity contribution in [1.82, 2.24) is 29.5 Å². The van der Waals surface area contributed by atoms with E-state index < -0.39 is 0 Å². The summed E-state index contributed by atoms with van der Waals surface area (Å²) in [5.74, 6) is 0.0308. The summed E-state index contributed by atoms with van der Waals surface area (Å²) in [7, 11) is 0. The van der Waals surface area contributed by atoms with Gasteiger partial charge in [-0.1, -0.05) is 25.8 Å². The van der Waals surface area contributed by atoms with Gasteiger partial charge < -0.3 is 9.88 Å². The van der Waals surface area contributed by atoms with E-state index in [1.807, 2.05) is 39.7 Å². The molecule has 0 bridgehead atoms. The van der Waals surface area contributed by atoms with Crippen molar-refractivity contribution >= 4 is 22.6 Å². The van der Waals surface area contributed by atoms with Gasteiger partial charge in [0.1, 0.15) is 5.69 Å². The fourth-order valence-electron chi connectivity index (χ4n) is 4.36. The first-order chi connectivity index (χ1) is 14.6. The first kappa shape index (κ1) is 18.8. The maximum Gasteiger partial charge on any atom is 0.272 e. The standard InChI is InChI=1S/C23H26N6O/c1-3-17-12-21(23(30)28-10-6-4-5-7-15(28)2)26-22-13-19(27-29(17)22)16-8-9-18-20(11-16)25-14-24-18/h8-9,11-15H,3-7,10H2,1-2H3,(H,24,25). The van der Waals surface area contributed by atoms with E-state index in [0.717, 1.165) is 53.8 Å². The zero-order valence-corrected chi connectivity index (χ0v) is 17.4. The van der Waals surface area contributed by atoms with Crippen LogP contribution in [0.3, 0.4) is 0 Å². The molecule has 1 fully saturated rings. The summed E-state index contributed by atoms with van der Waals surface area (Å²) in [5.41, 5.74) is 5.94. The zero-order valence-electron chi connectivity index (χ0n) is 17.4. The highest BCUT2D eigenvalue weighted by Crippen LogP contribution is 2.24. The van der Waals surface area contributed by atoms with Crippen LogP contribution in [0, 0.1) is 0 Å². The molecule has 1 aromatic carbocycles. The highest BCUT2D eigenvalue weighted by Gasteiger charge is 2.25. The lowest BCUT2D eigenvalue weighted by Crippen LogP contribution is -2.38. The molecule has 1 unspecified atom stereocenters. The third-order valence-corrected chi connectivity index (χ3v) is 6.11. The number of benzene rings is 1. The van der Waals surface area contributed by atoms with Crippen LogP contribution in [0.2, 0.25) is 0 Å². The molecule has 1 aliphatic heterocycles. The summed E-state index contributed by atoms with van der Waals surface area (Å²) >= 11 is 0. The first-order valence-electron chi connectivity index (χ1n) is 10.8. The van der Waals surface area contributed by atoms with Crippen LogP contribution in [0.25, 0.3) is 27.9 Å². The van der Waals surface area contributed by atoms with E-state index in [1.54, 1.807) is 6.33 Å². The zero-order chi connectivity index (χ0) is 20.7. The fourth-order valence-corrected chi connectivity index (χ4v) is 4.36. The number of aromatic amines is 1. The number of imidazole rings is 1. The first-order valence-corrected chi connectivity index (χ1v) is 10.8. The highest BCUT2D eigenvalue weighted by molar-refractivity contribution is 5.93. The van der Waals surface area contributed by atoms with Crippen molar-refractivity contribution in [3.8, 4) is 11.3 Å². The topological polar surface area (TPSA) is 79.2 Å². The van der Waals surface area contributed by atoms with Crippen LogP contribution in [0.5, 0.6) is 0 Å². The molecular weight excluding hydrogens is 376 g/mol. The van der Waals surface area contributed by atoms with E-state index in [1.165, 1.54) is 12.8 Å². The second-order valence-corrected chi connectivity index (χ2v) is 8.12. The Morgan fingerprint density at radius 1 is 1.20 bits per heavy atom. The molecule has 30 heavy (non-hydrogen) atoms. The summed E-state index contributed by atoms with van der Waals surface area (Å²) in [6, 6.07) is 10.2. The predicted octanol–water partition coefficient (Wildman–Crippen LogP) is 4.24. The maximum atomic E-state index is 13.3. The Labute approximate surface area is 175 Å². The van der Waals surface area contributed by atoms with E-state index in [2.05, 4.69) is 23.8 Å². The summed E-state index contributed by atoms with van der Waals surface area (Å²) in [4.78, 5) is 27.4. The van der Waals surface area contributed by atoms with Crippen molar-refractivity contribution in [2.75, 3.05) is 6.54 Å². The summed E-state index contributed by atoms with van der Waals surface area (Å²) in [6.07, 6.45) is 6.96. The number of nitrogens with zero attached hydrogens (tertiary/aromatic N) is 5. The van der Waals surface area contributed by atoms with Crippen molar-refractivity contribution in [2.24, 2.45) is 0 Å². The van der Waals surface area contributed by atoms with Gasteiger partial charge >= 0.3 is 0 Å². The lowest BCUT2D eigenvalue weighted by molar-refractivity contribution is 0.0692. The molecule has 1 saturated heterocycles. The molecule has 0 aliphatic carbocycles. The minimum Gasteiger partial charge on any atom is -0.345 e. The van der Waals surface area contributed by atoms with Gasteiger partial charge in [0.25, 0.3) is 5.91 Å². The van der Waals surface area contributed by atoms with E-state index >= 15 is 0 Å². The quantitative estimate of drug-likeness (QED) is 0.556. The van der Waals surface area contributed by atoms with Crippen molar-refractivity contribution in [3.63, 3.8) is 0 Å². The van der Waals surface area contributed by atoms with Crippen molar-refractivity contribution in [3.05, 3.63) is 48.0 Å². The molecule has 1 N–H and O–H groups in total. The van der Waals surface area contributed by atoms with Gasteiger partial charge in [-0.15, -0.1) is 0 Å². The number of nitrogens with one attached hydrogen (secondary N) is 1. The Morgan fingerprint density at radius 2 is 2.10 bits per heavy atom. The van der Waals surface area contributed by atoms with Crippen LogP contribution in [0.1, 0.15) is 55.7 Å². The normalized spacial score (nSPS) is 17.5. The minimum absolute atomic E-state index is 0.0308. The van der Waals surface area contributed by atoms with Crippen molar-refractivity contribution < 1.29 is 4.79 Å². The van der Waals surface area contributed by atoms with Crippen LogP contribution in [-0.4, -0.2) is 48.0 Å². The molecule has 154 valence electrons. The van der Waals surface area contributed by atoms with Crippen LogP contribution in [-0.2, 0) is 6.42 Å². The van der Waals surface area contributed by atoms with Crippen LogP contribution >= 0.6 is 0 Å². The number of likely N-dealkylation sites (tertiary alicyclic amines) is 1. The maximum absolute atomic E-state index is 13.3. The van der Waals surface area contributed by atoms with Crippen molar-refractivity contribution in [2.45, 2.75) is 52.0 Å². The van der Waals surface area contributed by atoms with E-state index in [-0.39, 0.29) is 11.9 Å². The monoisotopic (exact) mass is 402 g/mol. The van der Waals surface area contributed by atoms with Gasteiger partial charge in [-0.2, -0.15) is 5.10 Å². The Kier molecular flexibility index (Phi) is 4.73. The van der Waals surface area contributed by atoms with E-state index in [9.17, 15) is 4.79 Å². The Balaban J connectivity index is 1.55. The largest absolute Gasteiger partial charge is 0.345 e. The third-order valence-electron chi connectivity index (χ3n) is 6.11. The second-order valence-electron chi connectivity index (χ2n) is 8.12. The second kappa shape index (κ2) is 7.55. The molecule has 0 radical (unpaired) electrons. The number of rotatable bonds is 3. The molecular formula is C23H26N6O. The number of hydrogen-bond donors (Lipinski definition) is 1. The van der Waals surface area contributed by atoms with Gasteiger partial charge in [-0.25, -0.2) is 14.5 Å². The molecule has 0 spiro atoms. The predicted molar refractivity (Wildman–Crippen MR) is 116 cm³/mol. The summed E-state index contributed by atoms with van der Waals surface area (Å²) in [5, 5.41) is 4.78. The van der Waals surface area contributed by atoms with Gasteiger partial charge in [-0.05, 0) is 44.4 Å². The number of H-pyrrole nitrogens is 1. The van der Waals surface area contributed by atoms with Crippen LogP contribution in [0.4, 0.5) is 0 Å². The SMILES string of the molecule is CCc1cc(C(=O)N2CCCCCC2C)nc2cc(-c3ccc4nc[nH]c4c3)nn12. The molecule has 5 rings (SSSR count). The average Bonchev–Trinajstić information content (AvgIpc) is 3.35. The molecule has 3 aromatic heterocycles. The fraction of sp³-hybridized carbons (Fsp3) is 0.391. The molecule has 4 aromatic rings. The Bertz CT molecular complexity index is 1220. The smallest absolute Gasteiger partial charge is 0.272 e.